The summed E-state index contributed by atoms with van der Waals surface area (Å²) in [5, 5.41) is 14.0. The van der Waals surface area contributed by atoms with Gasteiger partial charge in [0.25, 0.3) is 0 Å². The Balaban J connectivity index is 2.50. The van der Waals surface area contributed by atoms with Crippen molar-refractivity contribution in [3.05, 3.63) is 28.6 Å². The molecule has 60 valence electrons. The molecule has 0 saturated heterocycles. The summed E-state index contributed by atoms with van der Waals surface area (Å²) in [6.07, 6.45) is 3.31. The van der Waals surface area contributed by atoms with Gasteiger partial charge in [0.1, 0.15) is 6.54 Å². The number of aromatic nitrogens is 2. The maximum atomic E-state index is 10.2. The summed E-state index contributed by atoms with van der Waals surface area (Å²) in [4.78, 5) is 9.87. The molecule has 11 heavy (non-hydrogen) atoms. The highest BCUT2D eigenvalue weighted by Gasteiger charge is 2.12. The Morgan fingerprint density at radius 1 is 1.82 bits per heavy atom. The van der Waals surface area contributed by atoms with Crippen molar-refractivity contribution in [3.8, 4) is 0 Å². The van der Waals surface area contributed by atoms with Gasteiger partial charge in [-0.15, -0.1) is 0 Å². The van der Waals surface area contributed by atoms with Crippen LogP contribution in [0.2, 0.25) is 0 Å². The van der Waals surface area contributed by atoms with Crippen LogP contribution in [0.3, 0.4) is 0 Å². The van der Waals surface area contributed by atoms with Gasteiger partial charge in [-0.3, -0.25) is 14.8 Å². The zero-order valence-corrected chi connectivity index (χ0v) is 6.17. The monoisotopic (exact) mass is 155 g/mol. The molecule has 0 aromatic carbocycles. The highest BCUT2D eigenvalue weighted by Crippen LogP contribution is 1.93. The average molecular weight is 155 g/mol. The second kappa shape index (κ2) is 3.14. The first-order valence-corrected chi connectivity index (χ1v) is 3.31. The lowest BCUT2D eigenvalue weighted by Gasteiger charge is -2.02. The van der Waals surface area contributed by atoms with Crippen molar-refractivity contribution < 1.29 is 4.92 Å². The van der Waals surface area contributed by atoms with Crippen LogP contribution in [0.25, 0.3) is 0 Å². The molecule has 0 radical (unpaired) electrons. The van der Waals surface area contributed by atoms with Gasteiger partial charge in [-0.2, -0.15) is 5.10 Å². The third kappa shape index (κ3) is 2.03. The smallest absolute Gasteiger partial charge is 0.229 e. The van der Waals surface area contributed by atoms with E-state index in [-0.39, 0.29) is 4.92 Å². The van der Waals surface area contributed by atoms with Gasteiger partial charge in [0.2, 0.25) is 6.04 Å². The number of hydrogen-bond acceptors (Lipinski definition) is 3. The first-order chi connectivity index (χ1) is 5.20. The molecule has 0 aliphatic heterocycles. The van der Waals surface area contributed by atoms with E-state index in [9.17, 15) is 10.1 Å². The Labute approximate surface area is 63.8 Å². The maximum Gasteiger partial charge on any atom is 0.229 e. The molecule has 1 aromatic heterocycles. The second-order valence-electron chi connectivity index (χ2n) is 2.36. The van der Waals surface area contributed by atoms with Crippen molar-refractivity contribution in [1.82, 2.24) is 9.78 Å². The molecule has 0 saturated carbocycles. The zero-order chi connectivity index (χ0) is 8.27. The van der Waals surface area contributed by atoms with Crippen LogP contribution in [0.5, 0.6) is 0 Å². The largest absolute Gasteiger partial charge is 0.266 e. The Kier molecular flexibility index (Phi) is 2.20. The van der Waals surface area contributed by atoms with Crippen LogP contribution in [-0.4, -0.2) is 20.7 Å². The van der Waals surface area contributed by atoms with Crippen LogP contribution in [-0.2, 0) is 6.54 Å². The fourth-order valence-corrected chi connectivity index (χ4v) is 0.746. The molecule has 0 amide bonds. The molecule has 0 fully saturated rings. The first kappa shape index (κ1) is 7.71. The molecule has 0 N–H and O–H groups in total. The summed E-state index contributed by atoms with van der Waals surface area (Å²) >= 11 is 0. The van der Waals surface area contributed by atoms with Crippen molar-refractivity contribution in [2.24, 2.45) is 0 Å². The highest BCUT2D eigenvalue weighted by molar-refractivity contribution is 4.77. The molecule has 5 heteroatoms. The fourth-order valence-electron chi connectivity index (χ4n) is 0.746. The third-order valence-electron chi connectivity index (χ3n) is 1.37. The van der Waals surface area contributed by atoms with Gasteiger partial charge >= 0.3 is 0 Å². The Bertz CT molecular complexity index is 232. The van der Waals surface area contributed by atoms with Crippen LogP contribution < -0.4 is 0 Å². The molecular weight excluding hydrogens is 146 g/mol. The van der Waals surface area contributed by atoms with E-state index in [0.29, 0.717) is 6.54 Å². The number of nitrogens with zero attached hydrogens (tertiary/aromatic N) is 3. The topological polar surface area (TPSA) is 61.0 Å². The first-order valence-electron chi connectivity index (χ1n) is 3.31. The maximum absolute atomic E-state index is 10.2. The molecular formula is C6H9N3O2. The summed E-state index contributed by atoms with van der Waals surface area (Å²) in [7, 11) is 0. The quantitative estimate of drug-likeness (QED) is 0.473. The summed E-state index contributed by atoms with van der Waals surface area (Å²) in [5.74, 6) is 0. The molecule has 0 aliphatic rings. The Morgan fingerprint density at radius 2 is 2.55 bits per heavy atom. The molecule has 1 atom stereocenters. The minimum absolute atomic E-state index is 0.318. The lowest BCUT2D eigenvalue weighted by atomic mass is 10.4. The Morgan fingerprint density at radius 3 is 3.00 bits per heavy atom. The van der Waals surface area contributed by atoms with E-state index in [2.05, 4.69) is 5.10 Å². The molecule has 1 aromatic rings. The summed E-state index contributed by atoms with van der Waals surface area (Å²) < 4.78 is 1.55. The van der Waals surface area contributed by atoms with E-state index in [0.717, 1.165) is 0 Å². The van der Waals surface area contributed by atoms with E-state index < -0.39 is 6.04 Å². The lowest BCUT2D eigenvalue weighted by Crippen LogP contribution is -2.21. The molecule has 0 bridgehead atoms. The van der Waals surface area contributed by atoms with Crippen molar-refractivity contribution in [3.63, 3.8) is 0 Å². The predicted molar refractivity (Wildman–Crippen MR) is 38.7 cm³/mol. The standard InChI is InChI=1S/C6H9N3O2/c1-6(9(10)11)5-8-4-2-3-7-8/h2-4,6H,5H2,1H3. The minimum Gasteiger partial charge on any atom is -0.266 e. The van der Waals surface area contributed by atoms with Crippen LogP contribution in [0.1, 0.15) is 6.92 Å². The number of rotatable bonds is 3. The fraction of sp³-hybridized carbons (Fsp3) is 0.500. The van der Waals surface area contributed by atoms with E-state index in [1.54, 1.807) is 30.1 Å². The van der Waals surface area contributed by atoms with Gasteiger partial charge in [0.05, 0.1) is 0 Å². The van der Waals surface area contributed by atoms with Gasteiger partial charge in [-0.05, 0) is 6.07 Å². The second-order valence-corrected chi connectivity index (χ2v) is 2.36. The molecule has 5 nitrogen and oxygen atoms in total. The van der Waals surface area contributed by atoms with Gasteiger partial charge in [-0.25, -0.2) is 0 Å². The van der Waals surface area contributed by atoms with Crippen LogP contribution in [0.4, 0.5) is 0 Å². The van der Waals surface area contributed by atoms with Crippen LogP contribution in [0, 0.1) is 10.1 Å². The van der Waals surface area contributed by atoms with E-state index in [1.807, 2.05) is 0 Å². The summed E-state index contributed by atoms with van der Waals surface area (Å²) in [5.41, 5.74) is 0. The van der Waals surface area contributed by atoms with Gasteiger partial charge < -0.3 is 0 Å². The zero-order valence-electron chi connectivity index (χ0n) is 6.17. The van der Waals surface area contributed by atoms with E-state index >= 15 is 0 Å². The minimum atomic E-state index is -0.574. The van der Waals surface area contributed by atoms with Crippen molar-refractivity contribution >= 4 is 0 Å². The van der Waals surface area contributed by atoms with Crippen LogP contribution in [0.15, 0.2) is 18.5 Å². The summed E-state index contributed by atoms with van der Waals surface area (Å²) in [6.45, 7) is 1.89. The van der Waals surface area contributed by atoms with Gasteiger partial charge in [0.15, 0.2) is 0 Å². The van der Waals surface area contributed by atoms with Gasteiger partial charge in [-0.1, -0.05) is 0 Å². The molecule has 1 unspecified atom stereocenters. The third-order valence-corrected chi connectivity index (χ3v) is 1.37. The normalized spacial score (nSPS) is 12.8. The SMILES string of the molecule is CC(Cn1cccn1)[N+](=O)[O-]. The predicted octanol–water partition coefficient (Wildman–Crippen LogP) is 0.548. The Hall–Kier alpha value is -1.39. The van der Waals surface area contributed by atoms with Gasteiger partial charge in [0, 0.05) is 24.2 Å². The average Bonchev–Trinajstić information content (AvgIpc) is 2.39. The van der Waals surface area contributed by atoms with E-state index in [4.69, 9.17) is 0 Å². The van der Waals surface area contributed by atoms with Crippen molar-refractivity contribution in [2.75, 3.05) is 0 Å². The van der Waals surface area contributed by atoms with Crippen LogP contribution >= 0.6 is 0 Å². The lowest BCUT2D eigenvalue weighted by molar-refractivity contribution is -0.520. The molecule has 0 spiro atoms. The molecule has 0 aliphatic carbocycles. The summed E-state index contributed by atoms with van der Waals surface area (Å²) in [6, 6.07) is 1.17. The molecule has 1 rings (SSSR count). The van der Waals surface area contributed by atoms with Crippen molar-refractivity contribution in [2.45, 2.75) is 19.5 Å². The molecule has 1 heterocycles. The highest BCUT2D eigenvalue weighted by atomic mass is 16.6. The number of nitro groups is 1. The van der Waals surface area contributed by atoms with E-state index in [1.165, 1.54) is 0 Å². The van der Waals surface area contributed by atoms with Crippen molar-refractivity contribution in [1.29, 1.82) is 0 Å². The number of hydrogen-bond donors (Lipinski definition) is 0.